The fourth-order valence-electron chi connectivity index (χ4n) is 1.51. The van der Waals surface area contributed by atoms with Gasteiger partial charge in [0.05, 0.1) is 0 Å². The second-order valence-electron chi connectivity index (χ2n) is 3.37. The highest BCUT2D eigenvalue weighted by Crippen LogP contribution is 2.07. The smallest absolute Gasteiger partial charge is 0.265 e. The lowest BCUT2D eigenvalue weighted by molar-refractivity contribution is 0.0992. The van der Waals surface area contributed by atoms with Gasteiger partial charge in [-0.2, -0.15) is 4.39 Å². The fraction of sp³-hybridized carbons (Fsp3) is 0.0909. The van der Waals surface area contributed by atoms with Gasteiger partial charge < -0.3 is 10.3 Å². The van der Waals surface area contributed by atoms with Crippen molar-refractivity contribution >= 4 is 5.91 Å². The van der Waals surface area contributed by atoms with E-state index in [1.807, 2.05) is 0 Å². The van der Waals surface area contributed by atoms with E-state index in [0.717, 1.165) is 5.56 Å². The van der Waals surface area contributed by atoms with Crippen LogP contribution in [0.4, 0.5) is 4.39 Å². The molecule has 0 spiro atoms. The Balaban J connectivity index is 2.27. The van der Waals surface area contributed by atoms with Gasteiger partial charge in [-0.15, -0.1) is 0 Å². The van der Waals surface area contributed by atoms with Crippen molar-refractivity contribution in [3.63, 3.8) is 0 Å². The maximum Gasteiger partial charge on any atom is 0.265 e. The van der Waals surface area contributed by atoms with Gasteiger partial charge in [-0.05, 0) is 29.8 Å². The molecule has 0 radical (unpaired) electrons. The van der Waals surface area contributed by atoms with Crippen LogP contribution in [-0.2, 0) is 6.54 Å². The van der Waals surface area contributed by atoms with Crippen LogP contribution in [0.3, 0.4) is 0 Å². The highest BCUT2D eigenvalue weighted by atomic mass is 19.1. The van der Waals surface area contributed by atoms with Crippen molar-refractivity contribution < 1.29 is 9.18 Å². The van der Waals surface area contributed by atoms with Gasteiger partial charge in [0.25, 0.3) is 5.91 Å². The van der Waals surface area contributed by atoms with Gasteiger partial charge in [-0.3, -0.25) is 4.79 Å². The summed E-state index contributed by atoms with van der Waals surface area (Å²) < 4.78 is 14.5. The molecule has 0 aliphatic carbocycles. The van der Waals surface area contributed by atoms with Gasteiger partial charge in [0.2, 0.25) is 5.95 Å². The molecule has 0 aliphatic rings. The van der Waals surface area contributed by atoms with Crippen molar-refractivity contribution in [3.05, 3.63) is 53.9 Å². The molecule has 2 N–H and O–H groups in total. The number of hydrogen-bond donors (Lipinski definition) is 1. The van der Waals surface area contributed by atoms with Crippen LogP contribution < -0.4 is 5.73 Å². The third-order valence-corrected chi connectivity index (χ3v) is 2.23. The predicted molar refractivity (Wildman–Crippen MR) is 56.2 cm³/mol. The van der Waals surface area contributed by atoms with E-state index < -0.39 is 11.9 Å². The Morgan fingerprint density at radius 3 is 3.00 bits per heavy atom. The maximum atomic E-state index is 12.8. The van der Waals surface area contributed by atoms with E-state index in [0.29, 0.717) is 12.2 Å². The summed E-state index contributed by atoms with van der Waals surface area (Å²) in [5, 5.41) is 0. The van der Waals surface area contributed by atoms with Gasteiger partial charge in [0.15, 0.2) is 0 Å². The molecule has 16 heavy (non-hydrogen) atoms. The topological polar surface area (TPSA) is 60.9 Å². The number of halogens is 1. The minimum Gasteiger partial charge on any atom is -0.364 e. The van der Waals surface area contributed by atoms with Gasteiger partial charge in [-0.1, -0.05) is 0 Å². The van der Waals surface area contributed by atoms with E-state index >= 15 is 0 Å². The van der Waals surface area contributed by atoms with Gasteiger partial charge in [0.1, 0.15) is 5.69 Å². The maximum absolute atomic E-state index is 12.8. The number of carbonyl (C=O) groups excluding carboxylic acids is 1. The lowest BCUT2D eigenvalue weighted by atomic mass is 10.2. The summed E-state index contributed by atoms with van der Waals surface area (Å²) in [6.07, 6.45) is 3.11. The lowest BCUT2D eigenvalue weighted by Gasteiger charge is -2.06. The van der Waals surface area contributed by atoms with Crippen LogP contribution in [0, 0.1) is 5.95 Å². The molecule has 0 aliphatic heterocycles. The molecule has 0 atom stereocenters. The van der Waals surface area contributed by atoms with Crippen molar-refractivity contribution in [3.8, 4) is 0 Å². The molecule has 0 fully saturated rings. The second-order valence-corrected chi connectivity index (χ2v) is 3.37. The Kier molecular flexibility index (Phi) is 2.68. The van der Waals surface area contributed by atoms with E-state index in [2.05, 4.69) is 4.98 Å². The average Bonchev–Trinajstić information content (AvgIpc) is 2.66. The molecule has 2 aromatic heterocycles. The van der Waals surface area contributed by atoms with Crippen LogP contribution in [0.15, 0.2) is 36.7 Å². The summed E-state index contributed by atoms with van der Waals surface area (Å²) in [5.41, 5.74) is 6.32. The van der Waals surface area contributed by atoms with Crippen molar-refractivity contribution in [2.75, 3.05) is 0 Å². The highest BCUT2D eigenvalue weighted by molar-refractivity contribution is 5.91. The van der Waals surface area contributed by atoms with Crippen LogP contribution in [0.1, 0.15) is 16.1 Å². The number of amides is 1. The minimum absolute atomic E-state index is 0.394. The minimum atomic E-state index is -0.537. The second kappa shape index (κ2) is 4.14. The largest absolute Gasteiger partial charge is 0.364 e. The van der Waals surface area contributed by atoms with Crippen LogP contribution in [0.2, 0.25) is 0 Å². The molecule has 5 heteroatoms. The molecule has 0 saturated heterocycles. The van der Waals surface area contributed by atoms with Crippen molar-refractivity contribution in [2.45, 2.75) is 6.54 Å². The van der Waals surface area contributed by atoms with Crippen LogP contribution >= 0.6 is 0 Å². The summed E-state index contributed by atoms with van der Waals surface area (Å²) in [7, 11) is 0. The zero-order valence-electron chi connectivity index (χ0n) is 8.43. The Labute approximate surface area is 91.5 Å². The Morgan fingerprint density at radius 2 is 2.31 bits per heavy atom. The first-order chi connectivity index (χ1) is 7.66. The van der Waals surface area contributed by atoms with E-state index in [4.69, 9.17) is 5.73 Å². The standard InChI is InChI=1S/C11H10FN3O/c12-10-6-8(3-4-14-10)7-15-5-1-2-9(15)11(13)16/h1-6H,7H2,(H2,13,16). The summed E-state index contributed by atoms with van der Waals surface area (Å²) in [5.74, 6) is -1.04. The molecule has 82 valence electrons. The molecular weight excluding hydrogens is 209 g/mol. The molecule has 0 unspecified atom stereocenters. The highest BCUT2D eigenvalue weighted by Gasteiger charge is 2.07. The quantitative estimate of drug-likeness (QED) is 0.787. The average molecular weight is 219 g/mol. The van der Waals surface area contributed by atoms with Crippen LogP contribution in [0.25, 0.3) is 0 Å². The number of aromatic nitrogens is 2. The predicted octanol–water partition coefficient (Wildman–Crippen LogP) is 1.17. The van der Waals surface area contributed by atoms with E-state index in [1.54, 1.807) is 29.0 Å². The normalized spacial score (nSPS) is 10.3. The first kappa shape index (κ1) is 10.4. The number of carbonyl (C=O) groups is 1. The van der Waals surface area contributed by atoms with E-state index in [1.165, 1.54) is 12.3 Å². The molecular formula is C11H10FN3O. The van der Waals surface area contributed by atoms with Gasteiger partial charge >= 0.3 is 0 Å². The Morgan fingerprint density at radius 1 is 1.50 bits per heavy atom. The first-order valence-corrected chi connectivity index (χ1v) is 4.72. The van der Waals surface area contributed by atoms with E-state index in [-0.39, 0.29) is 0 Å². The van der Waals surface area contributed by atoms with Crippen molar-refractivity contribution in [1.29, 1.82) is 0 Å². The molecule has 0 bridgehead atoms. The molecule has 1 amide bonds. The third kappa shape index (κ3) is 2.08. The summed E-state index contributed by atoms with van der Waals surface area (Å²) in [6, 6.07) is 6.36. The van der Waals surface area contributed by atoms with Crippen molar-refractivity contribution in [2.24, 2.45) is 5.73 Å². The van der Waals surface area contributed by atoms with Crippen LogP contribution in [0.5, 0.6) is 0 Å². The third-order valence-electron chi connectivity index (χ3n) is 2.23. The number of pyridine rings is 1. The van der Waals surface area contributed by atoms with Crippen molar-refractivity contribution in [1.82, 2.24) is 9.55 Å². The molecule has 2 heterocycles. The zero-order chi connectivity index (χ0) is 11.5. The molecule has 0 aromatic carbocycles. The summed E-state index contributed by atoms with van der Waals surface area (Å²) >= 11 is 0. The number of rotatable bonds is 3. The zero-order valence-corrected chi connectivity index (χ0v) is 8.43. The van der Waals surface area contributed by atoms with Gasteiger partial charge in [0, 0.05) is 18.9 Å². The first-order valence-electron chi connectivity index (χ1n) is 4.72. The van der Waals surface area contributed by atoms with E-state index in [9.17, 15) is 9.18 Å². The van der Waals surface area contributed by atoms with Gasteiger partial charge in [-0.25, -0.2) is 4.98 Å². The molecule has 2 rings (SSSR count). The number of nitrogens with two attached hydrogens (primary N) is 1. The number of nitrogens with zero attached hydrogens (tertiary/aromatic N) is 2. The monoisotopic (exact) mass is 219 g/mol. The SMILES string of the molecule is NC(=O)c1cccn1Cc1ccnc(F)c1. The fourth-order valence-corrected chi connectivity index (χ4v) is 1.51. The Hall–Kier alpha value is -2.17. The molecule has 2 aromatic rings. The summed E-state index contributed by atoms with van der Waals surface area (Å²) in [4.78, 5) is 14.5. The molecule has 4 nitrogen and oxygen atoms in total. The van der Waals surface area contributed by atoms with Crippen LogP contribution in [-0.4, -0.2) is 15.5 Å². The lowest BCUT2D eigenvalue weighted by Crippen LogP contribution is -2.16. The summed E-state index contributed by atoms with van der Waals surface area (Å²) in [6.45, 7) is 0.394. The Bertz CT molecular complexity index is 521. The molecule has 0 saturated carbocycles. The number of primary amides is 1. The number of hydrogen-bond acceptors (Lipinski definition) is 2.